The topological polar surface area (TPSA) is 46.3 Å². The number of rotatable bonds is 2. The number of hydrogen-bond acceptors (Lipinski definition) is 2. The minimum atomic E-state index is 0.0494. The van der Waals surface area contributed by atoms with Crippen LogP contribution in [0.2, 0.25) is 5.02 Å². The van der Waals surface area contributed by atoms with Gasteiger partial charge in [-0.05, 0) is 30.7 Å². The van der Waals surface area contributed by atoms with E-state index in [0.29, 0.717) is 17.1 Å². The molecule has 0 aromatic heterocycles. The lowest BCUT2D eigenvalue weighted by Crippen LogP contribution is -2.54. The highest BCUT2D eigenvalue weighted by Gasteiger charge is 2.31. The number of nitrogens with zero attached hydrogens (tertiary/aromatic N) is 1. The predicted octanol–water partition coefficient (Wildman–Crippen LogP) is 1.51. The van der Waals surface area contributed by atoms with E-state index in [4.69, 9.17) is 17.3 Å². The number of amides is 1. The second-order valence-corrected chi connectivity index (χ2v) is 4.12. The zero-order valence-corrected chi connectivity index (χ0v) is 9.07. The molecule has 1 atom stereocenters. The summed E-state index contributed by atoms with van der Waals surface area (Å²) in [6, 6.07) is 7.17. The van der Waals surface area contributed by atoms with Crippen LogP contribution in [0.15, 0.2) is 24.3 Å². The fraction of sp³-hybridized carbons (Fsp3) is 0.364. The summed E-state index contributed by atoms with van der Waals surface area (Å²) < 4.78 is 0. The van der Waals surface area contributed by atoms with Crippen LogP contribution in [0.3, 0.4) is 0 Å². The maximum Gasteiger partial charge on any atom is 0.254 e. The lowest BCUT2D eigenvalue weighted by molar-refractivity contribution is 0.0482. The van der Waals surface area contributed by atoms with Crippen molar-refractivity contribution in [2.24, 2.45) is 5.73 Å². The van der Waals surface area contributed by atoms with Crippen LogP contribution in [0.5, 0.6) is 0 Å². The van der Waals surface area contributed by atoms with E-state index in [1.165, 1.54) is 0 Å². The van der Waals surface area contributed by atoms with Gasteiger partial charge in [0.25, 0.3) is 5.91 Å². The summed E-state index contributed by atoms with van der Waals surface area (Å²) in [4.78, 5) is 13.7. The van der Waals surface area contributed by atoms with Crippen molar-refractivity contribution in [3.05, 3.63) is 34.9 Å². The van der Waals surface area contributed by atoms with Crippen LogP contribution in [0.1, 0.15) is 16.8 Å². The maximum atomic E-state index is 11.9. The molecule has 1 aromatic carbocycles. The monoisotopic (exact) mass is 224 g/mol. The quantitative estimate of drug-likeness (QED) is 0.828. The van der Waals surface area contributed by atoms with Gasteiger partial charge in [-0.1, -0.05) is 11.6 Å². The molecule has 1 aliphatic rings. The molecule has 1 aromatic rings. The van der Waals surface area contributed by atoms with E-state index < -0.39 is 0 Å². The zero-order chi connectivity index (χ0) is 10.8. The van der Waals surface area contributed by atoms with E-state index in [0.717, 1.165) is 13.0 Å². The Labute approximate surface area is 93.8 Å². The van der Waals surface area contributed by atoms with Gasteiger partial charge in [0.15, 0.2) is 0 Å². The molecule has 0 aliphatic carbocycles. The Hall–Kier alpha value is -1.06. The van der Waals surface area contributed by atoms with Crippen LogP contribution in [0.4, 0.5) is 0 Å². The normalized spacial score (nSPS) is 19.9. The van der Waals surface area contributed by atoms with Gasteiger partial charge in [0.05, 0.1) is 0 Å². The summed E-state index contributed by atoms with van der Waals surface area (Å²) in [5.74, 6) is 0.0494. The van der Waals surface area contributed by atoms with Gasteiger partial charge >= 0.3 is 0 Å². The first kappa shape index (κ1) is 10.5. The summed E-state index contributed by atoms with van der Waals surface area (Å²) in [7, 11) is 0. The molecule has 1 amide bonds. The summed E-state index contributed by atoms with van der Waals surface area (Å²) >= 11 is 5.75. The molecule has 0 radical (unpaired) electrons. The van der Waals surface area contributed by atoms with Crippen molar-refractivity contribution < 1.29 is 4.79 Å². The molecular formula is C11H13ClN2O. The first-order chi connectivity index (χ1) is 7.22. The first-order valence-electron chi connectivity index (χ1n) is 4.99. The van der Waals surface area contributed by atoms with Crippen molar-refractivity contribution in [2.75, 3.05) is 13.1 Å². The van der Waals surface area contributed by atoms with E-state index in [9.17, 15) is 4.79 Å². The van der Waals surface area contributed by atoms with Crippen molar-refractivity contribution in [1.29, 1.82) is 0 Å². The number of likely N-dealkylation sites (tertiary alicyclic amines) is 1. The maximum absolute atomic E-state index is 11.9. The molecule has 80 valence electrons. The van der Waals surface area contributed by atoms with E-state index in [1.54, 1.807) is 24.3 Å². The van der Waals surface area contributed by atoms with Crippen molar-refractivity contribution in [1.82, 2.24) is 4.90 Å². The molecule has 2 rings (SSSR count). The highest BCUT2D eigenvalue weighted by Crippen LogP contribution is 2.20. The minimum Gasteiger partial charge on any atom is -0.334 e. The van der Waals surface area contributed by atoms with Crippen LogP contribution in [-0.2, 0) is 0 Å². The molecule has 1 saturated heterocycles. The number of carbonyl (C=O) groups excluding carboxylic acids is 1. The Morgan fingerprint density at radius 2 is 2.13 bits per heavy atom. The lowest BCUT2D eigenvalue weighted by atomic mass is 10.0. The molecule has 0 spiro atoms. The Balaban J connectivity index is 2.11. The van der Waals surface area contributed by atoms with Crippen molar-refractivity contribution in [3.63, 3.8) is 0 Å². The Kier molecular flexibility index (Phi) is 2.93. The van der Waals surface area contributed by atoms with E-state index in [2.05, 4.69) is 0 Å². The highest BCUT2D eigenvalue weighted by atomic mass is 35.5. The molecule has 1 heterocycles. The fourth-order valence-electron chi connectivity index (χ4n) is 1.71. The molecular weight excluding hydrogens is 212 g/mol. The third-order valence-electron chi connectivity index (χ3n) is 2.77. The number of hydrogen-bond donors (Lipinski definition) is 1. The Bertz CT molecular complexity index is 361. The highest BCUT2D eigenvalue weighted by molar-refractivity contribution is 6.30. The SMILES string of the molecule is NCC1CCN1C(=O)c1ccc(Cl)cc1. The average molecular weight is 225 g/mol. The largest absolute Gasteiger partial charge is 0.334 e. The summed E-state index contributed by atoms with van der Waals surface area (Å²) in [5.41, 5.74) is 6.23. The third-order valence-corrected chi connectivity index (χ3v) is 3.02. The van der Waals surface area contributed by atoms with Crippen molar-refractivity contribution >= 4 is 17.5 Å². The zero-order valence-electron chi connectivity index (χ0n) is 8.32. The second kappa shape index (κ2) is 4.21. The number of halogens is 1. The Morgan fingerprint density at radius 3 is 2.60 bits per heavy atom. The van der Waals surface area contributed by atoms with Gasteiger partial charge in [-0.2, -0.15) is 0 Å². The Morgan fingerprint density at radius 1 is 1.47 bits per heavy atom. The van der Waals surface area contributed by atoms with Crippen LogP contribution in [-0.4, -0.2) is 29.9 Å². The van der Waals surface area contributed by atoms with Crippen LogP contribution >= 0.6 is 11.6 Å². The predicted molar refractivity (Wildman–Crippen MR) is 59.9 cm³/mol. The van der Waals surface area contributed by atoms with Gasteiger partial charge in [0, 0.05) is 29.7 Å². The average Bonchev–Trinajstić information content (AvgIpc) is 2.17. The van der Waals surface area contributed by atoms with Crippen LogP contribution < -0.4 is 5.73 Å². The molecule has 4 heteroatoms. The smallest absolute Gasteiger partial charge is 0.254 e. The molecule has 2 N–H and O–H groups in total. The first-order valence-corrected chi connectivity index (χ1v) is 5.37. The molecule has 0 bridgehead atoms. The molecule has 0 saturated carbocycles. The van der Waals surface area contributed by atoms with Gasteiger partial charge in [0.2, 0.25) is 0 Å². The van der Waals surface area contributed by atoms with Crippen LogP contribution in [0.25, 0.3) is 0 Å². The molecule has 15 heavy (non-hydrogen) atoms. The standard InChI is InChI=1S/C11H13ClN2O/c12-9-3-1-8(2-4-9)11(15)14-6-5-10(14)7-13/h1-4,10H,5-7,13H2. The van der Waals surface area contributed by atoms with Crippen molar-refractivity contribution in [3.8, 4) is 0 Å². The lowest BCUT2D eigenvalue weighted by Gasteiger charge is -2.40. The molecule has 3 nitrogen and oxygen atoms in total. The van der Waals surface area contributed by atoms with Gasteiger partial charge < -0.3 is 10.6 Å². The minimum absolute atomic E-state index is 0.0494. The summed E-state index contributed by atoms with van der Waals surface area (Å²) in [6.07, 6.45) is 1.01. The number of carbonyl (C=O) groups is 1. The molecule has 1 fully saturated rings. The summed E-state index contributed by atoms with van der Waals surface area (Å²) in [6.45, 7) is 1.35. The van der Waals surface area contributed by atoms with Crippen LogP contribution in [0, 0.1) is 0 Å². The van der Waals surface area contributed by atoms with E-state index in [-0.39, 0.29) is 11.9 Å². The molecule has 1 aliphatic heterocycles. The van der Waals surface area contributed by atoms with Crippen molar-refractivity contribution in [2.45, 2.75) is 12.5 Å². The van der Waals surface area contributed by atoms with E-state index in [1.807, 2.05) is 4.90 Å². The van der Waals surface area contributed by atoms with Gasteiger partial charge in [-0.25, -0.2) is 0 Å². The third kappa shape index (κ3) is 1.98. The fourth-order valence-corrected chi connectivity index (χ4v) is 1.84. The van der Waals surface area contributed by atoms with E-state index >= 15 is 0 Å². The van der Waals surface area contributed by atoms with Gasteiger partial charge in [0.1, 0.15) is 0 Å². The number of nitrogens with two attached hydrogens (primary N) is 1. The van der Waals surface area contributed by atoms with Gasteiger partial charge in [-0.3, -0.25) is 4.79 Å². The molecule has 1 unspecified atom stereocenters. The number of benzene rings is 1. The second-order valence-electron chi connectivity index (χ2n) is 3.68. The summed E-state index contributed by atoms with van der Waals surface area (Å²) in [5, 5.41) is 0.644. The van der Waals surface area contributed by atoms with Gasteiger partial charge in [-0.15, -0.1) is 0 Å².